The topological polar surface area (TPSA) is 12.5 Å². The van der Waals surface area contributed by atoms with Crippen LogP contribution < -0.4 is 0 Å². The molecule has 2 fully saturated rings. The summed E-state index contributed by atoms with van der Waals surface area (Å²) in [5.41, 5.74) is 0. The van der Waals surface area contributed by atoms with E-state index in [1.165, 1.54) is 51.5 Å². The Morgan fingerprint density at radius 1 is 0.952 bits per heavy atom. The van der Waals surface area contributed by atoms with Crippen LogP contribution in [0, 0.1) is 5.92 Å². The Bertz CT molecular complexity index is 224. The van der Waals surface area contributed by atoms with E-state index in [9.17, 15) is 0 Å². The second-order valence-corrected chi connectivity index (χ2v) is 6.90. The highest BCUT2D eigenvalue weighted by atomic mass is 16.5. The molecule has 0 bridgehead atoms. The van der Waals surface area contributed by atoms with Crippen molar-refractivity contribution in [1.29, 1.82) is 0 Å². The Hall–Kier alpha value is -0.0800. The van der Waals surface area contributed by atoms with E-state index in [-0.39, 0.29) is 0 Å². The van der Waals surface area contributed by atoms with Crippen LogP contribution in [0.4, 0.5) is 0 Å². The summed E-state index contributed by atoms with van der Waals surface area (Å²) in [7, 11) is 2.19. The molecule has 2 atom stereocenters. The summed E-state index contributed by atoms with van der Waals surface area (Å²) in [4.78, 5) is 2.40. The molecule has 2 heteroatoms. The minimum atomic E-state index is 0.380. The minimum Gasteiger partial charge on any atom is -0.375 e. The van der Waals surface area contributed by atoms with Crippen molar-refractivity contribution in [2.24, 2.45) is 5.92 Å². The van der Waals surface area contributed by atoms with E-state index in [2.05, 4.69) is 39.6 Å². The first-order valence-electron chi connectivity index (χ1n) is 9.34. The van der Waals surface area contributed by atoms with Crippen LogP contribution >= 0.6 is 0 Å². The first-order valence-corrected chi connectivity index (χ1v) is 9.34. The quantitative estimate of drug-likeness (QED) is 0.667. The lowest BCUT2D eigenvalue weighted by Crippen LogP contribution is -2.41. The molecule has 0 spiro atoms. The van der Waals surface area contributed by atoms with Gasteiger partial charge in [0.2, 0.25) is 0 Å². The summed E-state index contributed by atoms with van der Waals surface area (Å²) in [5, 5.41) is 0. The van der Waals surface area contributed by atoms with Crippen LogP contribution in [0.15, 0.2) is 0 Å². The molecule has 2 unspecified atom stereocenters. The Morgan fingerprint density at radius 3 is 1.90 bits per heavy atom. The Labute approximate surface area is 134 Å². The van der Waals surface area contributed by atoms with E-state index in [0.717, 1.165) is 5.92 Å². The Kier molecular flexibility index (Phi) is 12.4. The molecule has 0 radical (unpaired) electrons. The van der Waals surface area contributed by atoms with Crippen LogP contribution in [0.1, 0.15) is 86.5 Å². The molecular weight excluding hydrogens is 258 g/mol. The highest BCUT2D eigenvalue weighted by molar-refractivity contribution is 4.77. The highest BCUT2D eigenvalue weighted by Crippen LogP contribution is 2.22. The summed E-state index contributed by atoms with van der Waals surface area (Å²) in [6.45, 7) is 14.0. The van der Waals surface area contributed by atoms with Crippen molar-refractivity contribution < 1.29 is 4.74 Å². The predicted octanol–water partition coefficient (Wildman–Crippen LogP) is 5.51. The zero-order chi connectivity index (χ0) is 16.3. The molecule has 21 heavy (non-hydrogen) atoms. The number of likely N-dealkylation sites (tertiary alicyclic amines) is 1. The third kappa shape index (κ3) is 10.3. The van der Waals surface area contributed by atoms with Crippen LogP contribution in [-0.2, 0) is 4.74 Å². The largest absolute Gasteiger partial charge is 0.375 e. The van der Waals surface area contributed by atoms with Gasteiger partial charge in [-0.25, -0.2) is 0 Å². The first kappa shape index (κ1) is 20.9. The lowest BCUT2D eigenvalue weighted by atomic mass is 9.91. The maximum absolute atomic E-state index is 5.78. The predicted molar refractivity (Wildman–Crippen MR) is 94.9 cm³/mol. The lowest BCUT2D eigenvalue weighted by molar-refractivity contribution is -0.0365. The van der Waals surface area contributed by atoms with Crippen LogP contribution in [-0.4, -0.2) is 36.7 Å². The molecule has 1 saturated carbocycles. The van der Waals surface area contributed by atoms with E-state index < -0.39 is 0 Å². The number of rotatable bonds is 2. The van der Waals surface area contributed by atoms with Crippen molar-refractivity contribution in [3.63, 3.8) is 0 Å². The zero-order valence-corrected chi connectivity index (χ0v) is 15.8. The van der Waals surface area contributed by atoms with E-state index >= 15 is 0 Å². The monoisotopic (exact) mass is 299 g/mol. The molecule has 2 rings (SSSR count). The van der Waals surface area contributed by atoms with E-state index in [0.29, 0.717) is 18.2 Å². The van der Waals surface area contributed by atoms with Gasteiger partial charge in [-0.05, 0) is 46.6 Å². The van der Waals surface area contributed by atoms with Gasteiger partial charge in [-0.15, -0.1) is 0 Å². The number of hydrogen-bond acceptors (Lipinski definition) is 2. The van der Waals surface area contributed by atoms with Crippen molar-refractivity contribution >= 4 is 0 Å². The minimum absolute atomic E-state index is 0.380. The van der Waals surface area contributed by atoms with E-state index in [1.54, 1.807) is 0 Å². The van der Waals surface area contributed by atoms with Crippen LogP contribution in [0.3, 0.4) is 0 Å². The normalized spacial score (nSPS) is 27.4. The summed E-state index contributed by atoms with van der Waals surface area (Å²) in [5.74, 6) is 1.04. The molecular formula is C19H41NO. The van der Waals surface area contributed by atoms with E-state index in [4.69, 9.17) is 4.74 Å². The lowest BCUT2D eigenvalue weighted by Gasteiger charge is -2.35. The second kappa shape index (κ2) is 12.5. The molecule has 1 heterocycles. The number of piperidine rings is 1. The van der Waals surface area contributed by atoms with Gasteiger partial charge in [0.25, 0.3) is 0 Å². The molecule has 0 amide bonds. The van der Waals surface area contributed by atoms with Crippen molar-refractivity contribution in [2.45, 2.75) is 105 Å². The molecule has 0 aromatic heterocycles. The Balaban J connectivity index is 0.000000377. The van der Waals surface area contributed by atoms with Gasteiger partial charge < -0.3 is 9.64 Å². The van der Waals surface area contributed by atoms with Gasteiger partial charge in [0.1, 0.15) is 0 Å². The summed E-state index contributed by atoms with van der Waals surface area (Å²) >= 11 is 0. The van der Waals surface area contributed by atoms with Gasteiger partial charge in [0, 0.05) is 12.6 Å². The molecule has 0 N–H and O–H groups in total. The van der Waals surface area contributed by atoms with Crippen LogP contribution in [0.5, 0.6) is 0 Å². The summed E-state index contributed by atoms with van der Waals surface area (Å²) in [6, 6.07) is 0.683. The van der Waals surface area contributed by atoms with Crippen molar-refractivity contribution in [2.75, 3.05) is 13.6 Å². The molecule has 0 aromatic carbocycles. The van der Waals surface area contributed by atoms with Gasteiger partial charge in [0.15, 0.2) is 0 Å². The van der Waals surface area contributed by atoms with Gasteiger partial charge in [0.05, 0.1) is 12.2 Å². The Morgan fingerprint density at radius 2 is 1.52 bits per heavy atom. The molecule has 1 saturated heterocycles. The van der Waals surface area contributed by atoms with Crippen molar-refractivity contribution in [1.82, 2.24) is 4.90 Å². The third-order valence-electron chi connectivity index (χ3n) is 4.52. The number of hydrogen-bond donors (Lipinski definition) is 0. The first-order chi connectivity index (χ1) is 9.99. The van der Waals surface area contributed by atoms with Gasteiger partial charge >= 0.3 is 0 Å². The maximum Gasteiger partial charge on any atom is 0.0605 e. The van der Waals surface area contributed by atoms with Crippen LogP contribution in [0.25, 0.3) is 0 Å². The average Bonchev–Trinajstić information content (AvgIpc) is 2.46. The molecule has 2 nitrogen and oxygen atoms in total. The maximum atomic E-state index is 5.78. The SMILES string of the molecule is CC.CC(C)OC1CCN(C)C(C)C1.CC1CCCCC1. The van der Waals surface area contributed by atoms with Crippen molar-refractivity contribution in [3.05, 3.63) is 0 Å². The summed E-state index contributed by atoms with van der Waals surface area (Å²) < 4.78 is 5.78. The molecule has 0 aromatic rings. The van der Waals surface area contributed by atoms with Gasteiger partial charge in [-0.2, -0.15) is 0 Å². The fourth-order valence-corrected chi connectivity index (χ4v) is 3.06. The second-order valence-electron chi connectivity index (χ2n) is 6.90. The standard InChI is InChI=1S/C10H21NO.C7H14.C2H6/c1-8(2)12-10-5-6-11(4)9(3)7-10;1-7-5-3-2-4-6-7;1-2/h8-10H,5-7H2,1-4H3;7H,2-6H2,1H3;1-2H3. The molecule has 1 aliphatic heterocycles. The van der Waals surface area contributed by atoms with Gasteiger partial charge in [-0.1, -0.05) is 52.9 Å². The zero-order valence-electron chi connectivity index (χ0n) is 15.8. The fraction of sp³-hybridized carbons (Fsp3) is 1.00. The van der Waals surface area contributed by atoms with E-state index in [1.807, 2.05) is 13.8 Å². The van der Waals surface area contributed by atoms with Crippen LogP contribution in [0.2, 0.25) is 0 Å². The average molecular weight is 300 g/mol. The smallest absolute Gasteiger partial charge is 0.0605 e. The number of nitrogens with zero attached hydrogens (tertiary/aromatic N) is 1. The molecule has 1 aliphatic carbocycles. The number of ether oxygens (including phenoxy) is 1. The highest BCUT2D eigenvalue weighted by Gasteiger charge is 2.23. The van der Waals surface area contributed by atoms with Crippen molar-refractivity contribution in [3.8, 4) is 0 Å². The molecule has 2 aliphatic rings. The third-order valence-corrected chi connectivity index (χ3v) is 4.52. The fourth-order valence-electron chi connectivity index (χ4n) is 3.06. The van der Waals surface area contributed by atoms with Gasteiger partial charge in [-0.3, -0.25) is 0 Å². The molecule has 128 valence electrons. The summed E-state index contributed by atoms with van der Waals surface area (Å²) in [6.07, 6.45) is 10.7.